The van der Waals surface area contributed by atoms with Crippen molar-refractivity contribution in [1.82, 2.24) is 0 Å². The summed E-state index contributed by atoms with van der Waals surface area (Å²) in [5.74, 6) is -7.14. The largest absolute Gasteiger partial charge is 0.449 e. The molecule has 0 heterocycles. The van der Waals surface area contributed by atoms with Crippen LogP contribution in [0.2, 0.25) is 0 Å². The number of rotatable bonds is 6. The lowest BCUT2D eigenvalue weighted by Crippen LogP contribution is -2.31. The molecule has 0 aliphatic carbocycles. The molecule has 0 unspecified atom stereocenters. The number of benzene rings is 2. The Labute approximate surface area is 159 Å². The summed E-state index contributed by atoms with van der Waals surface area (Å²) in [6.07, 6.45) is -1.47. The molecule has 0 saturated heterocycles. The highest BCUT2D eigenvalue weighted by Crippen LogP contribution is 2.21. The number of halogens is 3. The Hall–Kier alpha value is -2.88. The van der Waals surface area contributed by atoms with E-state index in [9.17, 15) is 31.2 Å². The first-order chi connectivity index (χ1) is 13.1. The maximum Gasteiger partial charge on any atom is 0.340 e. The van der Waals surface area contributed by atoms with Crippen molar-refractivity contribution in [2.75, 3.05) is 11.1 Å². The van der Waals surface area contributed by atoms with Gasteiger partial charge in [-0.15, -0.1) is 0 Å². The molecule has 1 atom stereocenters. The van der Waals surface area contributed by atoms with Gasteiger partial charge in [-0.25, -0.2) is 26.4 Å². The van der Waals surface area contributed by atoms with Crippen LogP contribution in [0.15, 0.2) is 41.3 Å². The van der Waals surface area contributed by atoms with Gasteiger partial charge in [0.25, 0.3) is 5.91 Å². The number of hydrogen-bond donors (Lipinski definition) is 1. The molecule has 2 aromatic rings. The van der Waals surface area contributed by atoms with Gasteiger partial charge in [0.2, 0.25) is 0 Å². The lowest BCUT2D eigenvalue weighted by atomic mass is 10.2. The molecule has 2 rings (SSSR count). The number of anilines is 1. The van der Waals surface area contributed by atoms with Gasteiger partial charge < -0.3 is 10.1 Å². The molecule has 0 spiro atoms. The average molecular weight is 415 g/mol. The Morgan fingerprint density at radius 3 is 2.36 bits per heavy atom. The second kappa shape index (κ2) is 8.42. The summed E-state index contributed by atoms with van der Waals surface area (Å²) < 4.78 is 68.9. The predicted molar refractivity (Wildman–Crippen MR) is 94.0 cm³/mol. The van der Waals surface area contributed by atoms with Crippen LogP contribution in [-0.4, -0.2) is 32.2 Å². The maximum atomic E-state index is 13.6. The summed E-state index contributed by atoms with van der Waals surface area (Å²) in [5, 5.41) is 1.97. The molecule has 1 N–H and O–H groups in total. The molecule has 0 fully saturated rings. The monoisotopic (exact) mass is 415 g/mol. The van der Waals surface area contributed by atoms with Crippen molar-refractivity contribution in [2.45, 2.75) is 24.8 Å². The van der Waals surface area contributed by atoms with Gasteiger partial charge in [-0.3, -0.25) is 4.79 Å². The van der Waals surface area contributed by atoms with Crippen LogP contribution >= 0.6 is 0 Å². The minimum absolute atomic E-state index is 0.247. The van der Waals surface area contributed by atoms with Gasteiger partial charge in [-0.05, 0) is 31.2 Å². The SMILES string of the molecule is CCS(=O)(=O)c1ccccc1C(=O)O[C@@H](C)C(=O)Nc1ccc(F)c(F)c1F. The summed E-state index contributed by atoms with van der Waals surface area (Å²) in [5.41, 5.74) is -0.899. The first kappa shape index (κ1) is 21.4. The fraction of sp³-hybridized carbons (Fsp3) is 0.222. The van der Waals surface area contributed by atoms with E-state index in [1.807, 2.05) is 5.32 Å². The van der Waals surface area contributed by atoms with E-state index in [4.69, 9.17) is 4.74 Å². The topological polar surface area (TPSA) is 89.5 Å². The quantitative estimate of drug-likeness (QED) is 0.579. The van der Waals surface area contributed by atoms with Crippen molar-refractivity contribution in [1.29, 1.82) is 0 Å². The zero-order chi connectivity index (χ0) is 21.1. The number of hydrogen-bond acceptors (Lipinski definition) is 5. The molecular weight excluding hydrogens is 399 g/mol. The third-order valence-corrected chi connectivity index (χ3v) is 5.55. The highest BCUT2D eigenvalue weighted by molar-refractivity contribution is 7.91. The number of carbonyl (C=O) groups is 2. The summed E-state index contributed by atoms with van der Waals surface area (Å²) in [7, 11) is -3.72. The molecule has 6 nitrogen and oxygen atoms in total. The summed E-state index contributed by atoms with van der Waals surface area (Å²) >= 11 is 0. The van der Waals surface area contributed by atoms with Crippen LogP contribution in [0.25, 0.3) is 0 Å². The molecule has 0 aromatic heterocycles. The smallest absolute Gasteiger partial charge is 0.340 e. The van der Waals surface area contributed by atoms with E-state index in [1.54, 1.807) is 0 Å². The Bertz CT molecular complexity index is 1020. The highest BCUT2D eigenvalue weighted by atomic mass is 32.2. The fourth-order valence-corrected chi connectivity index (χ4v) is 3.28. The van der Waals surface area contributed by atoms with Gasteiger partial charge in [0, 0.05) is 0 Å². The van der Waals surface area contributed by atoms with E-state index in [1.165, 1.54) is 31.2 Å². The van der Waals surface area contributed by atoms with Gasteiger partial charge in [-0.2, -0.15) is 0 Å². The summed E-state index contributed by atoms with van der Waals surface area (Å²) in [4.78, 5) is 24.1. The van der Waals surface area contributed by atoms with Crippen molar-refractivity contribution in [3.8, 4) is 0 Å². The van der Waals surface area contributed by atoms with Crippen molar-refractivity contribution < 1.29 is 35.9 Å². The Kier molecular flexibility index (Phi) is 6.45. The second-order valence-corrected chi connectivity index (χ2v) is 7.91. The number of sulfone groups is 1. The van der Waals surface area contributed by atoms with Crippen LogP contribution in [-0.2, 0) is 19.4 Å². The van der Waals surface area contributed by atoms with Crippen LogP contribution in [0.5, 0.6) is 0 Å². The Morgan fingerprint density at radius 1 is 1.07 bits per heavy atom. The highest BCUT2D eigenvalue weighted by Gasteiger charge is 2.26. The van der Waals surface area contributed by atoms with E-state index in [0.29, 0.717) is 6.07 Å². The lowest BCUT2D eigenvalue weighted by molar-refractivity contribution is -0.123. The van der Waals surface area contributed by atoms with Crippen LogP contribution in [0.3, 0.4) is 0 Å². The molecule has 1 amide bonds. The number of ether oxygens (including phenoxy) is 1. The van der Waals surface area contributed by atoms with Crippen molar-refractivity contribution in [2.24, 2.45) is 0 Å². The minimum atomic E-state index is -3.72. The Balaban J connectivity index is 2.18. The van der Waals surface area contributed by atoms with Crippen LogP contribution in [0.1, 0.15) is 24.2 Å². The van der Waals surface area contributed by atoms with Crippen molar-refractivity contribution in [3.63, 3.8) is 0 Å². The summed E-state index contributed by atoms with van der Waals surface area (Å²) in [6, 6.07) is 6.75. The van der Waals surface area contributed by atoms with Gasteiger partial charge in [-0.1, -0.05) is 19.1 Å². The number of esters is 1. The van der Waals surface area contributed by atoms with Crippen LogP contribution in [0, 0.1) is 17.5 Å². The van der Waals surface area contributed by atoms with Crippen molar-refractivity contribution in [3.05, 3.63) is 59.4 Å². The van der Waals surface area contributed by atoms with Crippen LogP contribution in [0.4, 0.5) is 18.9 Å². The Morgan fingerprint density at radius 2 is 1.71 bits per heavy atom. The molecule has 0 saturated carbocycles. The zero-order valence-electron chi connectivity index (χ0n) is 14.8. The molecule has 28 heavy (non-hydrogen) atoms. The van der Waals surface area contributed by atoms with E-state index >= 15 is 0 Å². The van der Waals surface area contributed by atoms with E-state index in [-0.39, 0.29) is 16.2 Å². The predicted octanol–water partition coefficient (Wildman–Crippen LogP) is 3.08. The third kappa shape index (κ3) is 4.50. The molecular formula is C18H16F3NO5S. The molecule has 150 valence electrons. The first-order valence-corrected chi connectivity index (χ1v) is 9.70. The molecule has 0 bridgehead atoms. The van der Waals surface area contributed by atoms with Crippen molar-refractivity contribution >= 4 is 27.4 Å². The number of amides is 1. The maximum absolute atomic E-state index is 13.6. The standard InChI is InChI=1S/C18H16F3NO5S/c1-3-28(25,26)14-7-5-4-6-11(14)18(24)27-10(2)17(23)22-13-9-8-12(19)15(20)16(13)21/h4-10H,3H2,1-2H3,(H,22,23)/t10-/m0/s1. The van der Waals surface area contributed by atoms with Gasteiger partial charge in [0.05, 0.1) is 21.9 Å². The van der Waals surface area contributed by atoms with E-state index in [0.717, 1.165) is 13.0 Å². The number of carbonyl (C=O) groups excluding carboxylic acids is 2. The molecule has 2 aromatic carbocycles. The van der Waals surface area contributed by atoms with E-state index in [2.05, 4.69) is 0 Å². The molecule has 0 radical (unpaired) electrons. The average Bonchev–Trinajstić information content (AvgIpc) is 2.68. The first-order valence-electron chi connectivity index (χ1n) is 8.05. The van der Waals surface area contributed by atoms with Gasteiger partial charge in [0.1, 0.15) is 0 Å². The minimum Gasteiger partial charge on any atom is -0.449 e. The van der Waals surface area contributed by atoms with Crippen LogP contribution < -0.4 is 5.32 Å². The second-order valence-electron chi connectivity index (χ2n) is 5.66. The zero-order valence-corrected chi connectivity index (χ0v) is 15.6. The lowest BCUT2D eigenvalue weighted by Gasteiger charge is -2.15. The molecule has 10 heteroatoms. The van der Waals surface area contributed by atoms with Gasteiger partial charge >= 0.3 is 5.97 Å². The van der Waals surface area contributed by atoms with E-state index < -0.39 is 51.0 Å². The molecule has 0 aliphatic rings. The van der Waals surface area contributed by atoms with Gasteiger partial charge in [0.15, 0.2) is 33.4 Å². The third-order valence-electron chi connectivity index (χ3n) is 3.77. The summed E-state index contributed by atoms with van der Waals surface area (Å²) in [6.45, 7) is 2.56. The normalized spacial score (nSPS) is 12.3. The molecule has 0 aliphatic heterocycles. The fourth-order valence-electron chi connectivity index (χ4n) is 2.20. The number of nitrogens with one attached hydrogen (secondary N) is 1.